The zero-order valence-electron chi connectivity index (χ0n) is 32.7. The molecule has 18 heteroatoms. The third-order valence-electron chi connectivity index (χ3n) is 8.05. The first-order chi connectivity index (χ1) is 28.2. The number of carbonyl (C=O) groups is 5. The van der Waals surface area contributed by atoms with E-state index in [1.165, 1.54) is 55.5 Å². The van der Waals surface area contributed by atoms with Crippen molar-refractivity contribution in [2.24, 2.45) is 0 Å². The van der Waals surface area contributed by atoms with E-state index in [1.54, 1.807) is 30.3 Å². The molecule has 0 amide bonds. The number of esters is 3. The second-order valence-corrected chi connectivity index (χ2v) is 16.0. The molecular weight excluding hydrogens is 809 g/mol. The summed E-state index contributed by atoms with van der Waals surface area (Å²) in [5.74, 6) is 2.25. The molecule has 0 saturated carbocycles. The number of hydrogen-bond acceptors (Lipinski definition) is 14. The summed E-state index contributed by atoms with van der Waals surface area (Å²) in [6, 6.07) is 18.6. The molecule has 2 aliphatic rings. The molecule has 0 aliphatic heterocycles. The molecule has 2 aliphatic carbocycles. The van der Waals surface area contributed by atoms with E-state index in [1.807, 2.05) is 6.07 Å². The highest BCUT2D eigenvalue weighted by Gasteiger charge is 2.38. The van der Waals surface area contributed by atoms with Crippen LogP contribution in [0, 0.1) is 12.3 Å². The zero-order chi connectivity index (χ0) is 43.8. The Morgan fingerprint density at radius 3 is 1.81 bits per heavy atom. The average Bonchev–Trinajstić information content (AvgIpc) is 4.06. The van der Waals surface area contributed by atoms with Crippen molar-refractivity contribution >= 4 is 55.2 Å². The third-order valence-corrected chi connectivity index (χ3v) is 11.3. The molecule has 16 nitrogen and oxygen atoms in total. The van der Waals surface area contributed by atoms with Gasteiger partial charge in [-0.2, -0.15) is 0 Å². The number of furan rings is 2. The molecule has 314 valence electrons. The Labute approximate surface area is 342 Å². The van der Waals surface area contributed by atoms with Crippen LogP contribution in [0.3, 0.4) is 0 Å². The molecule has 0 unspecified atom stereocenters. The molecule has 59 heavy (non-hydrogen) atoms. The SMILES string of the molecule is C#CCCCC=O.COC(=O)C(=[N+]=[N-])S(=O)(=O)c1ccccc1.COC(=O)CS(=O)(=O)c1ccccc1.COC(=O)c1cc2c(o1)CCC2.O=Cc1cc2c(o1)CCC2. The van der Waals surface area contributed by atoms with Crippen molar-refractivity contribution < 1.29 is 68.6 Å². The van der Waals surface area contributed by atoms with Crippen LogP contribution in [0.4, 0.5) is 0 Å². The summed E-state index contributed by atoms with van der Waals surface area (Å²) in [5, 5.41) is -1.04. The number of terminal acetylenes is 1. The van der Waals surface area contributed by atoms with Gasteiger partial charge in [0.1, 0.15) is 17.8 Å². The van der Waals surface area contributed by atoms with Gasteiger partial charge in [-0.05, 0) is 79.6 Å². The minimum atomic E-state index is -4.14. The van der Waals surface area contributed by atoms with Gasteiger partial charge in [0.2, 0.25) is 5.76 Å². The number of fused-ring (bicyclic) bond motifs is 2. The van der Waals surface area contributed by atoms with Crippen molar-refractivity contribution in [2.45, 2.75) is 67.6 Å². The van der Waals surface area contributed by atoms with Crippen molar-refractivity contribution in [2.75, 3.05) is 27.1 Å². The predicted octanol–water partition coefficient (Wildman–Crippen LogP) is 5.02. The molecular formula is C41H44N2O14S2. The number of nitrogens with zero attached hydrogens (tertiary/aromatic N) is 2. The molecule has 0 fully saturated rings. The van der Waals surface area contributed by atoms with E-state index in [0.717, 1.165) is 88.8 Å². The number of benzene rings is 2. The van der Waals surface area contributed by atoms with Gasteiger partial charge in [0.05, 0.1) is 31.1 Å². The number of hydrogen-bond donors (Lipinski definition) is 0. The summed E-state index contributed by atoms with van der Waals surface area (Å²) < 4.78 is 70.1. The molecule has 0 bridgehead atoms. The fourth-order valence-corrected chi connectivity index (χ4v) is 7.47. The van der Waals surface area contributed by atoms with E-state index >= 15 is 0 Å². The minimum absolute atomic E-state index is 0.130. The third kappa shape index (κ3) is 15.5. The maximum atomic E-state index is 11.8. The molecule has 4 aromatic rings. The Bertz CT molecular complexity index is 2290. The smallest absolute Gasteiger partial charge is 0.468 e. The van der Waals surface area contributed by atoms with Crippen LogP contribution in [0.5, 0.6) is 0 Å². The molecule has 0 atom stereocenters. The highest BCUT2D eigenvalue weighted by Crippen LogP contribution is 2.26. The molecule has 2 aromatic heterocycles. The standard InChI is InChI=1S/C9H8N2O4S.C9H10O4S.C9H10O3.C8H8O2.C6H8O/c1-15-9(12)8(11-10)16(13,14)7-5-3-2-4-6-7;1-13-9(10)7-14(11,12)8-5-3-2-4-6-8;1-11-9(10)8-5-6-3-2-4-7(6)12-8;9-5-7-4-6-2-1-3-8(6)10-7;1-2-3-4-5-6-7/h2-6H,1H3;2-6H,7H2,1H3;5H,2-4H2,1H3;4-5H,1-3H2;1,6H,3-5H2. The van der Waals surface area contributed by atoms with Crippen LogP contribution in [-0.4, -0.2) is 84.2 Å². The predicted molar refractivity (Wildman–Crippen MR) is 212 cm³/mol. The first kappa shape index (κ1) is 48.7. The van der Waals surface area contributed by atoms with Crippen LogP contribution >= 0.6 is 0 Å². The number of methoxy groups -OCH3 is 3. The van der Waals surface area contributed by atoms with Crippen molar-refractivity contribution in [1.29, 1.82) is 0 Å². The lowest BCUT2D eigenvalue weighted by atomic mass is 10.2. The van der Waals surface area contributed by atoms with Crippen LogP contribution in [0.2, 0.25) is 0 Å². The molecule has 0 saturated heterocycles. The van der Waals surface area contributed by atoms with Gasteiger partial charge >= 0.3 is 23.0 Å². The average molecular weight is 853 g/mol. The minimum Gasteiger partial charge on any atom is -0.468 e. The first-order valence-electron chi connectivity index (χ1n) is 17.8. The van der Waals surface area contributed by atoms with Crippen LogP contribution in [0.25, 0.3) is 5.53 Å². The van der Waals surface area contributed by atoms with Crippen molar-refractivity contribution in [3.63, 3.8) is 0 Å². The Balaban J connectivity index is 0.000000260. The lowest BCUT2D eigenvalue weighted by Gasteiger charge is -2.01. The van der Waals surface area contributed by atoms with Gasteiger partial charge in [-0.25, -0.2) is 26.4 Å². The molecule has 0 N–H and O–H groups in total. The lowest BCUT2D eigenvalue weighted by Crippen LogP contribution is -2.26. The van der Waals surface area contributed by atoms with E-state index in [0.29, 0.717) is 17.9 Å². The Morgan fingerprint density at radius 1 is 0.797 bits per heavy atom. The summed E-state index contributed by atoms with van der Waals surface area (Å²) in [4.78, 5) is 55.1. The fourth-order valence-electron chi connectivity index (χ4n) is 5.16. The van der Waals surface area contributed by atoms with Crippen LogP contribution in [0.15, 0.2) is 91.4 Å². The Kier molecular flexibility index (Phi) is 20.7. The van der Waals surface area contributed by atoms with E-state index in [4.69, 9.17) is 20.8 Å². The van der Waals surface area contributed by atoms with Crippen molar-refractivity contribution in [1.82, 2.24) is 0 Å². The van der Waals surface area contributed by atoms with Gasteiger partial charge in [0.25, 0.3) is 9.84 Å². The van der Waals surface area contributed by atoms with Gasteiger partial charge in [0, 0.05) is 25.7 Å². The maximum Gasteiger partial charge on any atom is 0.493 e. The van der Waals surface area contributed by atoms with Crippen molar-refractivity contribution in [3.8, 4) is 12.3 Å². The zero-order valence-corrected chi connectivity index (χ0v) is 34.3. The highest BCUT2D eigenvalue weighted by molar-refractivity contribution is 8.08. The topological polar surface area (TPSA) is 244 Å². The first-order valence-corrected chi connectivity index (χ1v) is 20.9. The Hall–Kier alpha value is -6.41. The summed E-state index contributed by atoms with van der Waals surface area (Å²) in [6.45, 7) is 0. The Morgan fingerprint density at radius 2 is 1.36 bits per heavy atom. The van der Waals surface area contributed by atoms with Gasteiger partial charge in [-0.1, -0.05) is 36.4 Å². The van der Waals surface area contributed by atoms with Crippen LogP contribution in [0.1, 0.15) is 75.9 Å². The normalized spacial score (nSPS) is 11.8. The number of unbranched alkanes of at least 4 members (excludes halogenated alkanes) is 2. The van der Waals surface area contributed by atoms with Gasteiger partial charge in [-0.15, -0.1) is 17.1 Å². The number of ether oxygens (including phenoxy) is 3. The molecule has 2 aromatic carbocycles. The molecule has 2 heterocycles. The summed E-state index contributed by atoms with van der Waals surface area (Å²) in [5.41, 5.74) is 10.9. The summed E-state index contributed by atoms with van der Waals surface area (Å²) >= 11 is 0. The number of aryl methyl sites for hydroxylation is 4. The monoisotopic (exact) mass is 852 g/mol. The summed E-state index contributed by atoms with van der Waals surface area (Å²) in [7, 11) is -4.18. The summed E-state index contributed by atoms with van der Waals surface area (Å²) in [6.07, 6.45) is 15.1. The van der Waals surface area contributed by atoms with E-state index in [9.17, 15) is 40.8 Å². The van der Waals surface area contributed by atoms with Gasteiger partial charge in [-0.3, -0.25) is 9.59 Å². The second kappa shape index (κ2) is 25.1. The molecule has 0 spiro atoms. The van der Waals surface area contributed by atoms with E-state index in [2.05, 4.69) is 24.9 Å². The molecule has 6 rings (SSSR count). The number of carbonyl (C=O) groups excluding carboxylic acids is 5. The quantitative estimate of drug-likeness (QED) is 0.0247. The number of sulfone groups is 2. The van der Waals surface area contributed by atoms with E-state index < -0.39 is 42.4 Å². The van der Waals surface area contributed by atoms with E-state index in [-0.39, 0.29) is 15.8 Å². The van der Waals surface area contributed by atoms with Crippen molar-refractivity contribution in [3.05, 3.63) is 112 Å². The van der Waals surface area contributed by atoms with Crippen LogP contribution in [-0.2, 0) is 74.0 Å². The van der Waals surface area contributed by atoms with Gasteiger partial charge in [0.15, 0.2) is 27.6 Å². The maximum absolute atomic E-state index is 11.8. The largest absolute Gasteiger partial charge is 0.493 e. The lowest BCUT2D eigenvalue weighted by molar-refractivity contribution is -0.138. The fraction of sp³-hybridized carbons (Fsp3) is 0.317. The number of rotatable bonds is 9. The van der Waals surface area contributed by atoms with Crippen LogP contribution < -0.4 is 0 Å². The second-order valence-electron chi connectivity index (χ2n) is 12.1. The number of aldehydes is 2. The molecule has 0 radical (unpaired) electrons. The highest BCUT2D eigenvalue weighted by atomic mass is 32.2. The van der Waals surface area contributed by atoms with Gasteiger partial charge < -0.3 is 33.4 Å².